The third kappa shape index (κ3) is 4.01. The molecule has 0 N–H and O–H groups in total. The minimum absolute atomic E-state index is 0.0959. The number of benzene rings is 2. The Morgan fingerprint density at radius 1 is 1.18 bits per heavy atom. The Kier molecular flexibility index (Phi) is 5.86. The van der Waals surface area contributed by atoms with Gasteiger partial charge in [0, 0.05) is 41.8 Å². The Morgan fingerprint density at radius 2 is 1.91 bits per heavy atom. The van der Waals surface area contributed by atoms with Gasteiger partial charge in [-0.15, -0.1) is 5.06 Å². The van der Waals surface area contributed by atoms with E-state index in [1.54, 1.807) is 35.9 Å². The topological polar surface area (TPSA) is 59.3 Å². The van der Waals surface area contributed by atoms with E-state index in [0.29, 0.717) is 22.9 Å². The van der Waals surface area contributed by atoms with E-state index in [1.807, 2.05) is 37.2 Å². The molecule has 2 aliphatic rings. The monoisotopic (exact) mass is 466 g/mol. The summed E-state index contributed by atoms with van der Waals surface area (Å²) in [5, 5.41) is 3.36. The number of nitrogens with zero attached hydrogens (tertiary/aromatic N) is 4. The standard InChI is InChI=1S/C25H27ClN4O3/c1-16-20(15-23-27-25(28(2)33-23)29-12-4-5-13-29)21-14-19(32-3)10-11-22(21)30(16)24(31)17-6-8-18(26)9-7-17/h6-11,14,25H,4-5,12-13,15H2,1-3H3. The maximum Gasteiger partial charge on any atom is 0.262 e. The molecule has 33 heavy (non-hydrogen) atoms. The molecule has 1 fully saturated rings. The zero-order valence-corrected chi connectivity index (χ0v) is 19.8. The second kappa shape index (κ2) is 8.82. The number of halogens is 1. The van der Waals surface area contributed by atoms with Gasteiger partial charge in [0.1, 0.15) is 5.75 Å². The van der Waals surface area contributed by atoms with Crippen molar-refractivity contribution in [2.24, 2.45) is 4.99 Å². The first-order valence-electron chi connectivity index (χ1n) is 11.2. The largest absolute Gasteiger partial charge is 0.497 e. The highest BCUT2D eigenvalue weighted by Crippen LogP contribution is 2.32. The van der Waals surface area contributed by atoms with E-state index in [4.69, 9.17) is 26.2 Å². The van der Waals surface area contributed by atoms with Gasteiger partial charge in [-0.1, -0.05) is 11.6 Å². The number of hydrogen-bond donors (Lipinski definition) is 0. The van der Waals surface area contributed by atoms with Gasteiger partial charge in [-0.25, -0.2) is 4.99 Å². The lowest BCUT2D eigenvalue weighted by Gasteiger charge is -2.24. The highest BCUT2D eigenvalue weighted by Gasteiger charge is 2.33. The lowest BCUT2D eigenvalue weighted by molar-refractivity contribution is -0.104. The minimum atomic E-state index is -0.105. The van der Waals surface area contributed by atoms with Gasteiger partial charge in [0.2, 0.25) is 5.90 Å². The molecule has 1 aromatic heterocycles. The molecule has 0 bridgehead atoms. The van der Waals surface area contributed by atoms with Crippen molar-refractivity contribution in [1.29, 1.82) is 0 Å². The van der Waals surface area contributed by atoms with Crippen LogP contribution in [-0.2, 0) is 11.3 Å². The Bertz CT molecular complexity index is 1230. The Balaban J connectivity index is 1.55. The van der Waals surface area contributed by atoms with E-state index < -0.39 is 0 Å². The van der Waals surface area contributed by atoms with Gasteiger partial charge >= 0.3 is 0 Å². The quantitative estimate of drug-likeness (QED) is 0.554. The Morgan fingerprint density at radius 3 is 2.61 bits per heavy atom. The van der Waals surface area contributed by atoms with Gasteiger partial charge in [0.15, 0.2) is 6.29 Å². The van der Waals surface area contributed by atoms with E-state index in [-0.39, 0.29) is 12.2 Å². The number of rotatable bonds is 5. The molecule has 1 unspecified atom stereocenters. The molecule has 0 aliphatic carbocycles. The van der Waals surface area contributed by atoms with Crippen molar-refractivity contribution in [2.75, 3.05) is 27.2 Å². The molecule has 0 spiro atoms. The maximum atomic E-state index is 13.5. The summed E-state index contributed by atoms with van der Waals surface area (Å²) in [5.41, 5.74) is 3.26. The second-order valence-corrected chi connectivity index (χ2v) is 8.96. The molecule has 7 nitrogen and oxygen atoms in total. The number of ether oxygens (including phenoxy) is 1. The van der Waals surface area contributed by atoms with E-state index in [2.05, 4.69) is 4.90 Å². The number of likely N-dealkylation sites (tertiary alicyclic amines) is 1. The van der Waals surface area contributed by atoms with E-state index >= 15 is 0 Å². The van der Waals surface area contributed by atoms with Crippen molar-refractivity contribution in [2.45, 2.75) is 32.5 Å². The van der Waals surface area contributed by atoms with Gasteiger partial charge in [0.05, 0.1) is 19.0 Å². The molecular formula is C25H27ClN4O3. The summed E-state index contributed by atoms with van der Waals surface area (Å²) in [6.07, 6.45) is 2.77. The number of carbonyl (C=O) groups excluding carboxylic acids is 1. The van der Waals surface area contributed by atoms with Crippen LogP contribution in [0.3, 0.4) is 0 Å². The number of aliphatic imine (C=N–C) groups is 1. The van der Waals surface area contributed by atoms with Gasteiger partial charge < -0.3 is 9.57 Å². The number of aromatic nitrogens is 1. The van der Waals surface area contributed by atoms with Crippen molar-refractivity contribution in [3.05, 3.63) is 64.3 Å². The van der Waals surface area contributed by atoms with Crippen LogP contribution in [0.15, 0.2) is 47.5 Å². The highest BCUT2D eigenvalue weighted by atomic mass is 35.5. The average Bonchev–Trinajstić information content (AvgIpc) is 3.53. The van der Waals surface area contributed by atoms with Crippen LogP contribution in [0.1, 0.15) is 34.5 Å². The van der Waals surface area contributed by atoms with E-state index in [1.165, 1.54) is 12.8 Å². The van der Waals surface area contributed by atoms with Gasteiger partial charge in [-0.05, 0) is 67.8 Å². The zero-order chi connectivity index (χ0) is 23.1. The fourth-order valence-electron chi connectivity index (χ4n) is 4.76. The first-order valence-corrected chi connectivity index (χ1v) is 11.5. The lowest BCUT2D eigenvalue weighted by atomic mass is 10.1. The van der Waals surface area contributed by atoms with Crippen molar-refractivity contribution in [3.8, 4) is 5.75 Å². The molecule has 0 amide bonds. The third-order valence-electron chi connectivity index (χ3n) is 6.47. The van der Waals surface area contributed by atoms with Gasteiger partial charge in [0.25, 0.3) is 5.91 Å². The van der Waals surface area contributed by atoms with Crippen LogP contribution in [0.2, 0.25) is 5.02 Å². The normalized spacial score (nSPS) is 19.2. The molecule has 2 aliphatic heterocycles. The van der Waals surface area contributed by atoms with E-state index in [0.717, 1.165) is 41.0 Å². The van der Waals surface area contributed by atoms with Crippen molar-refractivity contribution in [1.82, 2.24) is 14.5 Å². The van der Waals surface area contributed by atoms with E-state index in [9.17, 15) is 4.79 Å². The maximum absolute atomic E-state index is 13.5. The summed E-state index contributed by atoms with van der Waals surface area (Å²) >= 11 is 6.03. The van der Waals surface area contributed by atoms with Crippen LogP contribution in [-0.4, -0.2) is 59.9 Å². The molecule has 5 rings (SSSR count). The van der Waals surface area contributed by atoms with Crippen LogP contribution in [0.25, 0.3) is 10.9 Å². The summed E-state index contributed by atoms with van der Waals surface area (Å²) in [7, 11) is 3.56. The Labute approximate surface area is 198 Å². The molecule has 1 saturated heterocycles. The van der Waals surface area contributed by atoms with Crippen molar-refractivity contribution in [3.63, 3.8) is 0 Å². The molecule has 0 saturated carbocycles. The summed E-state index contributed by atoms with van der Waals surface area (Å²) < 4.78 is 7.23. The number of hydrogen-bond acceptors (Lipinski definition) is 6. The predicted octanol–water partition coefficient (Wildman–Crippen LogP) is 4.50. The number of methoxy groups -OCH3 is 1. The molecule has 3 aromatic rings. The van der Waals surface area contributed by atoms with Crippen LogP contribution >= 0.6 is 11.6 Å². The van der Waals surface area contributed by atoms with Crippen LogP contribution in [0.5, 0.6) is 5.75 Å². The molecule has 0 radical (unpaired) electrons. The molecule has 172 valence electrons. The molecule has 3 heterocycles. The average molecular weight is 467 g/mol. The summed E-state index contributed by atoms with van der Waals surface area (Å²) in [6, 6.07) is 12.7. The molecule has 8 heteroatoms. The molecular weight excluding hydrogens is 440 g/mol. The van der Waals surface area contributed by atoms with Crippen molar-refractivity contribution >= 4 is 34.3 Å². The number of hydroxylamine groups is 2. The second-order valence-electron chi connectivity index (χ2n) is 8.52. The minimum Gasteiger partial charge on any atom is -0.497 e. The van der Waals surface area contributed by atoms with Crippen LogP contribution < -0.4 is 4.74 Å². The molecule has 2 aromatic carbocycles. The SMILES string of the molecule is COc1ccc2c(c1)c(CC1=NC(N3CCCC3)N(C)O1)c(C)n2C(=O)c1ccc(Cl)cc1. The lowest BCUT2D eigenvalue weighted by Crippen LogP contribution is -2.40. The highest BCUT2D eigenvalue weighted by molar-refractivity contribution is 6.30. The van der Waals surface area contributed by atoms with Crippen LogP contribution in [0, 0.1) is 6.92 Å². The third-order valence-corrected chi connectivity index (χ3v) is 6.72. The first kappa shape index (κ1) is 21.9. The number of carbonyl (C=O) groups is 1. The molecule has 1 atom stereocenters. The summed E-state index contributed by atoms with van der Waals surface area (Å²) in [5.74, 6) is 1.28. The van der Waals surface area contributed by atoms with Crippen LogP contribution in [0.4, 0.5) is 0 Å². The smallest absolute Gasteiger partial charge is 0.262 e. The fourth-order valence-corrected chi connectivity index (χ4v) is 4.88. The Hall–Kier alpha value is -2.87. The summed E-state index contributed by atoms with van der Waals surface area (Å²) in [6.45, 7) is 4.02. The summed E-state index contributed by atoms with van der Waals surface area (Å²) in [4.78, 5) is 26.7. The van der Waals surface area contributed by atoms with Gasteiger partial charge in [-0.2, -0.15) is 0 Å². The van der Waals surface area contributed by atoms with Gasteiger partial charge in [-0.3, -0.25) is 14.3 Å². The fraction of sp³-hybridized carbons (Fsp3) is 0.360. The predicted molar refractivity (Wildman–Crippen MR) is 129 cm³/mol. The van der Waals surface area contributed by atoms with Crippen molar-refractivity contribution < 1.29 is 14.4 Å². The first-order chi connectivity index (χ1) is 16.0. The zero-order valence-electron chi connectivity index (χ0n) is 19.0. The number of fused-ring (bicyclic) bond motifs is 1.